The summed E-state index contributed by atoms with van der Waals surface area (Å²) in [4.78, 5) is 12.3. The van der Waals surface area contributed by atoms with Crippen LogP contribution >= 0.6 is 11.8 Å². The van der Waals surface area contributed by atoms with Crippen molar-refractivity contribution in [3.8, 4) is 5.75 Å². The highest BCUT2D eigenvalue weighted by Crippen LogP contribution is 2.29. The van der Waals surface area contributed by atoms with E-state index in [-0.39, 0.29) is 22.3 Å². The molecule has 0 atom stereocenters. The van der Waals surface area contributed by atoms with Gasteiger partial charge in [0, 0.05) is 26.2 Å². The van der Waals surface area contributed by atoms with Crippen LogP contribution in [0, 0.1) is 0 Å². The van der Waals surface area contributed by atoms with Gasteiger partial charge in [-0.25, -0.2) is 13.1 Å². The van der Waals surface area contributed by atoms with E-state index in [9.17, 15) is 13.2 Å². The lowest BCUT2D eigenvalue weighted by atomic mass is 10.3. The van der Waals surface area contributed by atoms with Crippen LogP contribution < -0.4 is 10.1 Å². The molecule has 2 heterocycles. The minimum atomic E-state index is -3.65. The zero-order valence-corrected chi connectivity index (χ0v) is 17.0. The van der Waals surface area contributed by atoms with E-state index in [4.69, 9.17) is 9.47 Å². The molecular formula is C15H20N6O5S2. The summed E-state index contributed by atoms with van der Waals surface area (Å²) in [6.45, 7) is 1.33. The van der Waals surface area contributed by atoms with Gasteiger partial charge in [0.25, 0.3) is 0 Å². The van der Waals surface area contributed by atoms with Crippen molar-refractivity contribution in [2.75, 3.05) is 44.5 Å². The average Bonchev–Trinajstić information content (AvgIpc) is 3.12. The molecule has 3 rings (SSSR count). The van der Waals surface area contributed by atoms with Crippen molar-refractivity contribution in [1.82, 2.24) is 24.5 Å². The van der Waals surface area contributed by atoms with Gasteiger partial charge in [-0.15, -0.1) is 5.10 Å². The van der Waals surface area contributed by atoms with Crippen LogP contribution in [0.25, 0.3) is 0 Å². The number of thioether (sulfide) groups is 1. The Morgan fingerprint density at radius 2 is 2.11 bits per heavy atom. The van der Waals surface area contributed by atoms with Crippen LogP contribution in [0.5, 0.6) is 5.75 Å². The van der Waals surface area contributed by atoms with Crippen molar-refractivity contribution < 1.29 is 22.7 Å². The Hall–Kier alpha value is -2.22. The molecule has 152 valence electrons. The average molecular weight is 428 g/mol. The molecule has 0 unspecified atom stereocenters. The van der Waals surface area contributed by atoms with Crippen molar-refractivity contribution in [2.45, 2.75) is 10.1 Å². The Bertz CT molecular complexity index is 942. The van der Waals surface area contributed by atoms with Gasteiger partial charge >= 0.3 is 0 Å². The van der Waals surface area contributed by atoms with Crippen LogP contribution in [-0.2, 0) is 26.6 Å². The number of anilines is 1. The van der Waals surface area contributed by atoms with Crippen molar-refractivity contribution in [2.24, 2.45) is 7.05 Å². The number of tetrazole rings is 1. The first kappa shape index (κ1) is 20.5. The molecule has 1 aromatic carbocycles. The lowest BCUT2D eigenvalue weighted by Gasteiger charge is -2.26. The van der Waals surface area contributed by atoms with Crippen molar-refractivity contribution in [3.63, 3.8) is 0 Å². The van der Waals surface area contributed by atoms with E-state index in [2.05, 4.69) is 20.8 Å². The molecule has 13 heteroatoms. The molecule has 1 N–H and O–H groups in total. The third-order valence-corrected chi connectivity index (χ3v) is 6.87. The molecule has 1 amide bonds. The van der Waals surface area contributed by atoms with E-state index in [1.54, 1.807) is 7.05 Å². The molecule has 0 bridgehead atoms. The smallest absolute Gasteiger partial charge is 0.243 e. The summed E-state index contributed by atoms with van der Waals surface area (Å²) >= 11 is 1.18. The second-order valence-electron chi connectivity index (χ2n) is 5.80. The molecule has 1 aliphatic heterocycles. The summed E-state index contributed by atoms with van der Waals surface area (Å²) in [5.74, 6) is 0.0497. The zero-order chi connectivity index (χ0) is 20.1. The van der Waals surface area contributed by atoms with E-state index in [0.717, 1.165) is 0 Å². The Labute approximate surface area is 166 Å². The molecule has 1 saturated heterocycles. The van der Waals surface area contributed by atoms with Gasteiger partial charge in [-0.2, -0.15) is 4.31 Å². The second kappa shape index (κ2) is 8.86. The van der Waals surface area contributed by atoms with Crippen LogP contribution in [-0.4, -0.2) is 78.0 Å². The highest BCUT2D eigenvalue weighted by molar-refractivity contribution is 7.99. The Morgan fingerprint density at radius 1 is 1.36 bits per heavy atom. The Morgan fingerprint density at radius 3 is 2.75 bits per heavy atom. The van der Waals surface area contributed by atoms with E-state index < -0.39 is 10.0 Å². The van der Waals surface area contributed by atoms with Gasteiger partial charge in [0.1, 0.15) is 5.75 Å². The molecule has 0 radical (unpaired) electrons. The molecule has 1 aliphatic rings. The number of aryl methyl sites for hydroxylation is 1. The highest BCUT2D eigenvalue weighted by Gasteiger charge is 2.27. The summed E-state index contributed by atoms with van der Waals surface area (Å²) in [5, 5.41) is 14.2. The molecule has 11 nitrogen and oxygen atoms in total. The molecule has 28 heavy (non-hydrogen) atoms. The number of ether oxygens (including phenoxy) is 2. The van der Waals surface area contributed by atoms with E-state index in [1.165, 1.54) is 46.1 Å². The maximum absolute atomic E-state index is 12.8. The van der Waals surface area contributed by atoms with Gasteiger partial charge in [-0.05, 0) is 22.6 Å². The summed E-state index contributed by atoms with van der Waals surface area (Å²) < 4.78 is 38.8. The first-order valence-electron chi connectivity index (χ1n) is 8.33. The van der Waals surface area contributed by atoms with Crippen molar-refractivity contribution in [1.29, 1.82) is 0 Å². The SMILES string of the molecule is COc1cc(S(=O)(=O)N2CCOCC2)ccc1NC(=O)CSc1nnnn1C. The van der Waals surface area contributed by atoms with E-state index in [0.29, 0.717) is 37.1 Å². The molecule has 1 aromatic heterocycles. The number of hydrogen-bond donors (Lipinski definition) is 1. The number of aromatic nitrogens is 4. The fraction of sp³-hybridized carbons (Fsp3) is 0.467. The number of nitrogens with zero attached hydrogens (tertiary/aromatic N) is 5. The fourth-order valence-corrected chi connectivity index (χ4v) is 4.61. The summed E-state index contributed by atoms with van der Waals surface area (Å²) in [6.07, 6.45) is 0. The van der Waals surface area contributed by atoms with Crippen molar-refractivity contribution in [3.05, 3.63) is 18.2 Å². The largest absolute Gasteiger partial charge is 0.495 e. The van der Waals surface area contributed by atoms with E-state index >= 15 is 0 Å². The normalized spacial score (nSPS) is 15.4. The first-order chi connectivity index (χ1) is 13.4. The van der Waals surface area contributed by atoms with Gasteiger partial charge in [-0.3, -0.25) is 4.79 Å². The lowest BCUT2D eigenvalue weighted by Crippen LogP contribution is -2.40. The molecule has 0 aliphatic carbocycles. The molecule has 0 spiro atoms. The van der Waals surface area contributed by atoms with Crippen LogP contribution in [0.3, 0.4) is 0 Å². The second-order valence-corrected chi connectivity index (χ2v) is 8.68. The number of rotatable bonds is 7. The number of amides is 1. The predicted molar refractivity (Wildman–Crippen MR) is 101 cm³/mol. The molecule has 1 fully saturated rings. The standard InChI is InChI=1S/C15H20N6O5S2/c1-20-15(17-18-19-20)27-10-14(22)16-12-4-3-11(9-13(12)25-2)28(23,24)21-5-7-26-8-6-21/h3-4,9H,5-8,10H2,1-2H3,(H,16,22). The van der Waals surface area contributed by atoms with Gasteiger partial charge in [-0.1, -0.05) is 11.8 Å². The minimum absolute atomic E-state index is 0.0885. The maximum atomic E-state index is 12.8. The van der Waals surface area contributed by atoms with Gasteiger partial charge in [0.05, 0.1) is 36.7 Å². The summed E-state index contributed by atoms with van der Waals surface area (Å²) in [6, 6.07) is 4.36. The van der Waals surface area contributed by atoms with Gasteiger partial charge in [0.2, 0.25) is 21.1 Å². The number of benzene rings is 1. The minimum Gasteiger partial charge on any atom is -0.495 e. The number of morpholine rings is 1. The number of carbonyl (C=O) groups excluding carboxylic acids is 1. The molecular weight excluding hydrogens is 408 g/mol. The Kier molecular flexibility index (Phi) is 6.49. The maximum Gasteiger partial charge on any atom is 0.243 e. The van der Waals surface area contributed by atoms with E-state index in [1.807, 2.05) is 0 Å². The third-order valence-electron chi connectivity index (χ3n) is 3.97. The van der Waals surface area contributed by atoms with Crippen LogP contribution in [0.1, 0.15) is 0 Å². The monoisotopic (exact) mass is 428 g/mol. The summed E-state index contributed by atoms with van der Waals surface area (Å²) in [5.41, 5.74) is 0.380. The number of sulfonamides is 1. The highest BCUT2D eigenvalue weighted by atomic mass is 32.2. The number of nitrogens with one attached hydrogen (secondary N) is 1. The fourth-order valence-electron chi connectivity index (χ4n) is 2.53. The quantitative estimate of drug-likeness (QED) is 0.604. The van der Waals surface area contributed by atoms with Gasteiger partial charge in [0.15, 0.2) is 0 Å². The predicted octanol–water partition coefficient (Wildman–Crippen LogP) is -0.0296. The lowest BCUT2D eigenvalue weighted by molar-refractivity contribution is -0.113. The number of carbonyl (C=O) groups is 1. The van der Waals surface area contributed by atoms with Crippen LogP contribution in [0.15, 0.2) is 28.3 Å². The molecule has 0 saturated carbocycles. The Balaban J connectivity index is 1.70. The molecule has 2 aromatic rings. The third kappa shape index (κ3) is 4.60. The number of methoxy groups -OCH3 is 1. The number of hydrogen-bond acceptors (Lipinski definition) is 9. The van der Waals surface area contributed by atoms with Crippen molar-refractivity contribution >= 4 is 33.4 Å². The zero-order valence-electron chi connectivity index (χ0n) is 15.4. The van der Waals surface area contributed by atoms with Crippen LogP contribution in [0.2, 0.25) is 0 Å². The summed E-state index contributed by atoms with van der Waals surface area (Å²) in [7, 11) is -0.563. The van der Waals surface area contributed by atoms with Gasteiger partial charge < -0.3 is 14.8 Å². The first-order valence-corrected chi connectivity index (χ1v) is 10.8. The van der Waals surface area contributed by atoms with Crippen LogP contribution in [0.4, 0.5) is 5.69 Å². The topological polar surface area (TPSA) is 129 Å².